The van der Waals surface area contributed by atoms with E-state index in [-0.39, 0.29) is 18.8 Å². The molecule has 0 spiro atoms. The Morgan fingerprint density at radius 1 is 0.465 bits per heavy atom. The number of fused-ring (bicyclic) bond motifs is 3. The monoisotopic (exact) mass is 977 g/mol. The Balaban J connectivity index is 0.000000195. The van der Waals surface area contributed by atoms with Crippen LogP contribution in [0.2, 0.25) is 0 Å². The van der Waals surface area contributed by atoms with Crippen LogP contribution in [0.15, 0.2) is 146 Å². The highest BCUT2D eigenvalue weighted by molar-refractivity contribution is 5.92. The van der Waals surface area contributed by atoms with Gasteiger partial charge >= 0.3 is 0 Å². The van der Waals surface area contributed by atoms with E-state index in [9.17, 15) is 0 Å². The molecule has 1 aliphatic rings. The van der Waals surface area contributed by atoms with Gasteiger partial charge in [-0.3, -0.25) is 15.1 Å². The second-order valence-electron chi connectivity index (χ2n) is 16.3. The zero-order valence-electron chi connectivity index (χ0n) is 42.4. The first kappa shape index (κ1) is 53.8. The number of nitrogens with one attached hydrogen (secondary N) is 1. The summed E-state index contributed by atoms with van der Waals surface area (Å²) in [7, 11) is 0. The maximum atomic E-state index is 6.33. The van der Waals surface area contributed by atoms with Crippen molar-refractivity contribution in [1.82, 2.24) is 19.9 Å². The van der Waals surface area contributed by atoms with Crippen molar-refractivity contribution < 1.29 is 36.7 Å². The highest BCUT2D eigenvalue weighted by atomic mass is 35.5. The minimum atomic E-state index is -0.472. The molecule has 372 valence electrons. The molecule has 0 bridgehead atoms. The molecule has 3 N–H and O–H groups in total. The number of rotatable bonds is 18. The van der Waals surface area contributed by atoms with Crippen molar-refractivity contribution in [2.24, 2.45) is 0 Å². The first-order valence-electron chi connectivity index (χ1n) is 24.9. The van der Waals surface area contributed by atoms with Crippen LogP contribution in [0.1, 0.15) is 77.6 Å². The van der Waals surface area contributed by atoms with Gasteiger partial charge in [-0.2, -0.15) is 4.98 Å². The zero-order chi connectivity index (χ0) is 49.2. The van der Waals surface area contributed by atoms with E-state index in [4.69, 9.17) is 38.9 Å². The van der Waals surface area contributed by atoms with Crippen LogP contribution in [-0.2, 0) is 44.6 Å². The van der Waals surface area contributed by atoms with Crippen LogP contribution in [0.25, 0.3) is 22.1 Å². The second-order valence-corrected chi connectivity index (χ2v) is 16.3. The number of nitrogens with zero attached hydrogens (tertiary/aromatic N) is 6. The molecule has 0 unspecified atom stereocenters. The van der Waals surface area contributed by atoms with Gasteiger partial charge in [-0.1, -0.05) is 125 Å². The number of aromatic nitrogens is 4. The van der Waals surface area contributed by atoms with E-state index in [0.29, 0.717) is 26.4 Å². The number of aryl methyl sites for hydroxylation is 4. The highest BCUT2D eigenvalue weighted by Crippen LogP contribution is 2.47. The van der Waals surface area contributed by atoms with E-state index < -0.39 is 6.48 Å². The van der Waals surface area contributed by atoms with Crippen molar-refractivity contribution >= 4 is 68.1 Å². The Hall–Kier alpha value is -6.51. The normalized spacial score (nSPS) is 12.0. The van der Waals surface area contributed by atoms with Crippen LogP contribution in [0.5, 0.6) is 0 Å². The molecule has 1 aliphatic heterocycles. The predicted octanol–water partition coefficient (Wildman–Crippen LogP) is 9.77. The molecule has 6 aromatic carbocycles. The summed E-state index contributed by atoms with van der Waals surface area (Å²) in [6.07, 6.45) is 3.33. The van der Waals surface area contributed by atoms with Crippen LogP contribution in [0, 0.1) is 0 Å². The lowest BCUT2D eigenvalue weighted by Crippen LogP contribution is -3.00. The Labute approximate surface area is 426 Å². The van der Waals surface area contributed by atoms with Crippen LogP contribution in [0.3, 0.4) is 0 Å². The van der Waals surface area contributed by atoms with E-state index in [2.05, 4.69) is 109 Å². The zero-order valence-corrected chi connectivity index (χ0v) is 43.2. The molecule has 71 heavy (non-hydrogen) atoms. The lowest BCUT2D eigenvalue weighted by atomic mass is 10.0. The van der Waals surface area contributed by atoms with Gasteiger partial charge in [-0.15, -0.1) is 0 Å². The summed E-state index contributed by atoms with van der Waals surface area (Å²) >= 11 is 0. The Bertz CT molecular complexity index is 2670. The van der Waals surface area contributed by atoms with Gasteiger partial charge in [0.1, 0.15) is 5.69 Å². The van der Waals surface area contributed by atoms with Crippen LogP contribution < -0.4 is 32.8 Å². The molecule has 0 amide bonds. The van der Waals surface area contributed by atoms with Crippen LogP contribution in [0.4, 0.5) is 46.0 Å². The summed E-state index contributed by atoms with van der Waals surface area (Å²) in [4.78, 5) is 24.9. The first-order valence-corrected chi connectivity index (χ1v) is 24.9. The predicted molar refractivity (Wildman–Crippen MR) is 285 cm³/mol. The molecular formula is C58H69ClN8O4. The smallest absolute Gasteiger partial charge is 0.273 e. The number of anilines is 6. The van der Waals surface area contributed by atoms with Crippen molar-refractivity contribution in [1.29, 1.82) is 0 Å². The van der Waals surface area contributed by atoms with Gasteiger partial charge in [0.15, 0.2) is 11.6 Å². The highest BCUT2D eigenvalue weighted by Gasteiger charge is 2.41. The lowest BCUT2D eigenvalue weighted by molar-refractivity contribution is -0.482. The van der Waals surface area contributed by atoms with Crippen molar-refractivity contribution in [3.05, 3.63) is 168 Å². The Kier molecular flexibility index (Phi) is 20.6. The molecule has 2 aromatic heterocycles. The Morgan fingerprint density at radius 2 is 0.845 bits per heavy atom. The molecule has 0 saturated heterocycles. The summed E-state index contributed by atoms with van der Waals surface area (Å²) in [5.41, 5.74) is 13.0. The largest absolute Gasteiger partial charge is 1.00 e. The SMILES string of the molecule is CCOC(OCC)OCC.CCOC1N(c2ccccc2)c2nc3c(CC)ccc(CC)c3nc2N1c1ccccc1.CCc1ccc(CC)c2nc([NH2+]c3ccccc3)c(Nc3ccccc3)nc12.[Cl-]. The van der Waals surface area contributed by atoms with E-state index in [1.54, 1.807) is 0 Å². The van der Waals surface area contributed by atoms with Gasteiger partial charge in [0.2, 0.25) is 12.2 Å². The number of nitrogens with two attached hydrogens (primary N) is 1. The van der Waals surface area contributed by atoms with Gasteiger partial charge in [0.05, 0.1) is 22.1 Å². The third kappa shape index (κ3) is 13.1. The molecule has 9 rings (SSSR count). The third-order valence-corrected chi connectivity index (χ3v) is 11.8. The van der Waals surface area contributed by atoms with Crippen molar-refractivity contribution in [3.63, 3.8) is 0 Å². The van der Waals surface area contributed by atoms with Gasteiger partial charge in [0.25, 0.3) is 12.3 Å². The third-order valence-electron chi connectivity index (χ3n) is 11.8. The summed E-state index contributed by atoms with van der Waals surface area (Å²) in [5.74, 6) is 3.29. The molecular weight excluding hydrogens is 908 g/mol. The van der Waals surface area contributed by atoms with Gasteiger partial charge in [-0.05, 0) is 124 Å². The van der Waals surface area contributed by atoms with E-state index >= 15 is 0 Å². The number of ether oxygens (including phenoxy) is 4. The summed E-state index contributed by atoms with van der Waals surface area (Å²) in [5, 5.41) is 5.56. The molecule has 8 aromatic rings. The summed E-state index contributed by atoms with van der Waals surface area (Å²) < 4.78 is 21.6. The number of para-hydroxylation sites is 4. The molecule has 0 fully saturated rings. The summed E-state index contributed by atoms with van der Waals surface area (Å²) in [6.45, 7) is 18.4. The first-order chi connectivity index (χ1) is 34.4. The molecule has 12 nitrogen and oxygen atoms in total. The second kappa shape index (κ2) is 27.2. The fourth-order valence-electron chi connectivity index (χ4n) is 8.35. The maximum Gasteiger partial charge on any atom is 0.273 e. The van der Waals surface area contributed by atoms with Crippen molar-refractivity contribution in [2.75, 3.05) is 41.5 Å². The fraction of sp³-hybridized carbons (Fsp3) is 0.310. The average Bonchev–Trinajstić information content (AvgIpc) is 3.71. The van der Waals surface area contributed by atoms with Crippen molar-refractivity contribution in [3.8, 4) is 0 Å². The summed E-state index contributed by atoms with van der Waals surface area (Å²) in [6, 6.07) is 49.8. The van der Waals surface area contributed by atoms with Crippen LogP contribution >= 0.6 is 0 Å². The number of hydrogen-bond acceptors (Lipinski definition) is 11. The average molecular weight is 978 g/mol. The molecule has 0 aliphatic carbocycles. The Morgan fingerprint density at radius 3 is 1.24 bits per heavy atom. The quantitative estimate of drug-likeness (QED) is 0.0631. The standard InChI is InChI=1S/C27H28N4O.C24H24N4.C7H16O3.ClH/c1-4-19-17-18-20(5-2)24-23(19)28-25-26(29-24)31(22-15-11-8-12-16-22)27(32-6-3)30(25)21-13-9-7-10-14-21;1-3-17-15-16-18(4-2)22-21(17)27-23(25-19-11-7-5-8-12-19)24(28-22)26-20-13-9-6-10-14-20;1-4-8-7(9-5-2)10-6-3;/h7-18,27H,4-6H2,1-3H3;5-16H,3-4H2,1-2H3,(H,25,27)(H,26,28);7H,4-6H2,1-3H3;1H. The van der Waals surface area contributed by atoms with Gasteiger partial charge in [-0.25, -0.2) is 15.0 Å². The molecule has 0 saturated carbocycles. The minimum Gasteiger partial charge on any atom is -1.00 e. The van der Waals surface area contributed by atoms with Crippen molar-refractivity contribution in [2.45, 2.75) is 93.9 Å². The number of benzene rings is 6. The number of hydrogen-bond donors (Lipinski definition) is 2. The molecule has 0 radical (unpaired) electrons. The fourth-order valence-corrected chi connectivity index (χ4v) is 8.35. The minimum absolute atomic E-state index is 0. The molecule has 13 heteroatoms. The van der Waals surface area contributed by atoms with Gasteiger partial charge < -0.3 is 36.7 Å². The van der Waals surface area contributed by atoms with Gasteiger partial charge in [0, 0.05) is 43.5 Å². The molecule has 3 heterocycles. The van der Waals surface area contributed by atoms with E-state index in [1.165, 1.54) is 22.3 Å². The number of halogens is 1. The van der Waals surface area contributed by atoms with Crippen LogP contribution in [-0.4, -0.2) is 59.2 Å². The number of quaternary nitrogens is 1. The molecule has 0 atom stereocenters. The maximum absolute atomic E-state index is 6.33. The lowest BCUT2D eigenvalue weighted by Gasteiger charge is -2.31. The topological polar surface area (TPSA) is 124 Å². The van der Waals surface area contributed by atoms with E-state index in [1.807, 2.05) is 113 Å². The van der Waals surface area contributed by atoms with E-state index in [0.717, 1.165) is 93.8 Å².